The van der Waals surface area contributed by atoms with Crippen LogP contribution in [0.3, 0.4) is 0 Å². The van der Waals surface area contributed by atoms with Crippen molar-refractivity contribution < 1.29 is 18.7 Å². The quantitative estimate of drug-likeness (QED) is 0.662. The van der Waals surface area contributed by atoms with Crippen molar-refractivity contribution >= 4 is 16.9 Å². The minimum Gasteiger partial charge on any atom is -0.482 e. The van der Waals surface area contributed by atoms with Crippen LogP contribution in [-0.4, -0.2) is 17.6 Å². The van der Waals surface area contributed by atoms with Crippen LogP contribution in [0, 0.1) is 0 Å². The first kappa shape index (κ1) is 15.7. The monoisotopic (exact) mass is 337 g/mol. The average molecular weight is 337 g/mol. The lowest BCUT2D eigenvalue weighted by molar-refractivity contribution is -0.147. The Morgan fingerprint density at radius 3 is 2.96 bits per heavy atom. The molecule has 0 fully saturated rings. The van der Waals surface area contributed by atoms with Gasteiger partial charge < -0.3 is 13.9 Å². The molecule has 0 atom stereocenters. The van der Waals surface area contributed by atoms with Gasteiger partial charge in [0, 0.05) is 23.6 Å². The first-order valence-electron chi connectivity index (χ1n) is 8.52. The molecule has 0 bridgehead atoms. The van der Waals surface area contributed by atoms with Crippen molar-refractivity contribution in [3.8, 4) is 5.75 Å². The van der Waals surface area contributed by atoms with E-state index in [0.717, 1.165) is 29.6 Å². The van der Waals surface area contributed by atoms with E-state index >= 15 is 0 Å². The van der Waals surface area contributed by atoms with Gasteiger partial charge in [0.15, 0.2) is 6.61 Å². The van der Waals surface area contributed by atoms with Gasteiger partial charge in [0.1, 0.15) is 23.7 Å². The summed E-state index contributed by atoms with van der Waals surface area (Å²) in [4.78, 5) is 16.0. The fraction of sp³-hybridized carbons (Fsp3) is 0.300. The van der Waals surface area contributed by atoms with E-state index in [1.807, 2.05) is 36.4 Å². The van der Waals surface area contributed by atoms with E-state index < -0.39 is 5.97 Å². The molecule has 25 heavy (non-hydrogen) atoms. The molecule has 0 amide bonds. The molecule has 0 radical (unpaired) electrons. The molecule has 0 saturated heterocycles. The van der Waals surface area contributed by atoms with E-state index in [4.69, 9.17) is 13.9 Å². The van der Waals surface area contributed by atoms with E-state index in [-0.39, 0.29) is 13.2 Å². The van der Waals surface area contributed by atoms with E-state index in [0.29, 0.717) is 11.4 Å². The third-order valence-electron chi connectivity index (χ3n) is 4.39. The number of esters is 1. The summed E-state index contributed by atoms with van der Waals surface area (Å²) in [6, 6.07) is 11.2. The summed E-state index contributed by atoms with van der Waals surface area (Å²) in [5, 5.41) is 1.09. The predicted octanol–water partition coefficient (Wildman–Crippen LogP) is 3.83. The summed E-state index contributed by atoms with van der Waals surface area (Å²) >= 11 is 0. The van der Waals surface area contributed by atoms with E-state index in [9.17, 15) is 4.79 Å². The maximum Gasteiger partial charge on any atom is 0.344 e. The second-order valence-electron chi connectivity index (χ2n) is 6.14. The second kappa shape index (κ2) is 6.97. The molecule has 1 aromatic carbocycles. The maximum atomic E-state index is 11.8. The molecular weight excluding hydrogens is 318 g/mol. The zero-order valence-electron chi connectivity index (χ0n) is 13.9. The molecule has 0 N–H and O–H groups in total. The fourth-order valence-electron chi connectivity index (χ4n) is 3.15. The Morgan fingerprint density at radius 2 is 2.08 bits per heavy atom. The zero-order valence-corrected chi connectivity index (χ0v) is 13.9. The third kappa shape index (κ3) is 3.50. The van der Waals surface area contributed by atoms with Gasteiger partial charge in [0.2, 0.25) is 0 Å². The van der Waals surface area contributed by atoms with Crippen LogP contribution in [0.5, 0.6) is 5.75 Å². The number of carbonyl (C=O) groups excluding carboxylic acids is 1. The van der Waals surface area contributed by atoms with Crippen molar-refractivity contribution in [3.63, 3.8) is 0 Å². The molecule has 128 valence electrons. The Labute approximate surface area is 145 Å². The number of carbonyl (C=O) groups is 1. The smallest absolute Gasteiger partial charge is 0.344 e. The Hall–Kier alpha value is -2.82. The van der Waals surface area contributed by atoms with Crippen molar-refractivity contribution in [2.45, 2.75) is 32.3 Å². The molecule has 4 rings (SSSR count). The van der Waals surface area contributed by atoms with Gasteiger partial charge in [-0.15, -0.1) is 0 Å². The number of pyridine rings is 1. The van der Waals surface area contributed by atoms with Gasteiger partial charge in [-0.25, -0.2) is 4.79 Å². The lowest BCUT2D eigenvalue weighted by Gasteiger charge is -2.09. The van der Waals surface area contributed by atoms with Gasteiger partial charge in [0.25, 0.3) is 0 Å². The average Bonchev–Trinajstić information content (AvgIpc) is 3.03. The number of hydrogen-bond donors (Lipinski definition) is 0. The van der Waals surface area contributed by atoms with Crippen LogP contribution in [0.25, 0.3) is 11.0 Å². The number of benzene rings is 1. The van der Waals surface area contributed by atoms with Crippen molar-refractivity contribution in [3.05, 3.63) is 59.6 Å². The maximum absolute atomic E-state index is 11.8. The first-order chi connectivity index (χ1) is 12.3. The van der Waals surface area contributed by atoms with Gasteiger partial charge in [-0.1, -0.05) is 6.07 Å². The highest BCUT2D eigenvalue weighted by Gasteiger charge is 2.18. The van der Waals surface area contributed by atoms with E-state index in [2.05, 4.69) is 4.98 Å². The third-order valence-corrected chi connectivity index (χ3v) is 4.39. The molecule has 1 aliphatic rings. The molecular formula is C20H19NO4. The lowest BCUT2D eigenvalue weighted by atomic mass is 9.96. The summed E-state index contributed by atoms with van der Waals surface area (Å²) < 4.78 is 16.7. The Balaban J connectivity index is 1.38. The molecule has 0 saturated carbocycles. The van der Waals surface area contributed by atoms with Gasteiger partial charge in [-0.3, -0.25) is 4.98 Å². The molecule has 0 spiro atoms. The zero-order chi connectivity index (χ0) is 17.1. The van der Waals surface area contributed by atoms with Crippen LogP contribution in [-0.2, 0) is 29.0 Å². The van der Waals surface area contributed by atoms with Crippen molar-refractivity contribution in [2.24, 2.45) is 0 Å². The fourth-order valence-corrected chi connectivity index (χ4v) is 3.15. The van der Waals surface area contributed by atoms with Gasteiger partial charge >= 0.3 is 5.97 Å². The summed E-state index contributed by atoms with van der Waals surface area (Å²) in [6.07, 6.45) is 6.07. The second-order valence-corrected chi connectivity index (χ2v) is 6.14. The Morgan fingerprint density at radius 1 is 1.16 bits per heavy atom. The molecule has 3 aromatic rings. The predicted molar refractivity (Wildman–Crippen MR) is 92.4 cm³/mol. The molecule has 1 aliphatic carbocycles. The number of furan rings is 1. The molecule has 0 aliphatic heterocycles. The number of hydrogen-bond acceptors (Lipinski definition) is 5. The largest absolute Gasteiger partial charge is 0.482 e. The highest BCUT2D eigenvalue weighted by Crippen LogP contribution is 2.33. The number of fused-ring (bicyclic) bond motifs is 3. The summed E-state index contributed by atoms with van der Waals surface area (Å²) in [7, 11) is 0. The number of aryl methyl sites for hydroxylation is 2. The highest BCUT2D eigenvalue weighted by molar-refractivity contribution is 5.84. The molecule has 0 unspecified atom stereocenters. The van der Waals surface area contributed by atoms with Gasteiger partial charge in [-0.05, 0) is 49.6 Å². The van der Waals surface area contributed by atoms with Crippen LogP contribution in [0.2, 0.25) is 0 Å². The van der Waals surface area contributed by atoms with Crippen molar-refractivity contribution in [2.75, 3.05) is 6.61 Å². The summed E-state index contributed by atoms with van der Waals surface area (Å²) in [6.45, 7) is 0.0235. The Bertz CT molecular complexity index is 885. The molecule has 5 heteroatoms. The normalized spacial score (nSPS) is 13.4. The number of rotatable bonds is 5. The number of nitrogens with zero attached hydrogens (tertiary/aromatic N) is 1. The minimum absolute atomic E-state index is 0.127. The van der Waals surface area contributed by atoms with E-state index in [1.165, 1.54) is 18.4 Å². The molecule has 2 heterocycles. The molecule has 2 aromatic heterocycles. The summed E-state index contributed by atoms with van der Waals surface area (Å²) in [5.41, 5.74) is 2.88. The van der Waals surface area contributed by atoms with Crippen molar-refractivity contribution in [1.82, 2.24) is 4.98 Å². The topological polar surface area (TPSA) is 61.6 Å². The van der Waals surface area contributed by atoms with E-state index in [1.54, 1.807) is 6.20 Å². The number of aromatic nitrogens is 1. The van der Waals surface area contributed by atoms with Crippen LogP contribution in [0.4, 0.5) is 0 Å². The Kier molecular flexibility index (Phi) is 4.37. The lowest BCUT2D eigenvalue weighted by Crippen LogP contribution is -2.15. The van der Waals surface area contributed by atoms with Crippen LogP contribution in [0.15, 0.2) is 47.0 Å². The highest BCUT2D eigenvalue weighted by atomic mass is 16.6. The standard InChI is InChI=1S/C20H19NO4/c22-20(24-12-14-5-3-4-10-21-14)13-23-15-8-9-19-17(11-15)16-6-1-2-7-18(16)25-19/h3-5,8-11H,1-2,6-7,12-13H2. The number of ether oxygens (including phenoxy) is 2. The SMILES string of the molecule is O=C(COc1ccc2oc3c(c2c1)CCCC3)OCc1ccccn1. The minimum atomic E-state index is -0.417. The van der Waals surface area contributed by atoms with Crippen LogP contribution in [0.1, 0.15) is 29.9 Å². The van der Waals surface area contributed by atoms with Gasteiger partial charge in [-0.2, -0.15) is 0 Å². The van der Waals surface area contributed by atoms with Crippen LogP contribution < -0.4 is 4.74 Å². The summed E-state index contributed by atoms with van der Waals surface area (Å²) in [5.74, 6) is 1.32. The van der Waals surface area contributed by atoms with Crippen molar-refractivity contribution in [1.29, 1.82) is 0 Å². The molecule has 5 nitrogen and oxygen atoms in total. The van der Waals surface area contributed by atoms with Gasteiger partial charge in [0.05, 0.1) is 5.69 Å². The van der Waals surface area contributed by atoms with Crippen LogP contribution >= 0.6 is 0 Å². The first-order valence-corrected chi connectivity index (χ1v) is 8.52.